The summed E-state index contributed by atoms with van der Waals surface area (Å²) in [5, 5.41) is 1.74. The molecule has 8 heteroatoms. The summed E-state index contributed by atoms with van der Waals surface area (Å²) in [5.41, 5.74) is 0. The molecule has 0 aliphatic rings. The van der Waals surface area contributed by atoms with E-state index in [1.54, 1.807) is 19.1 Å². The minimum absolute atomic E-state index is 0.0730. The molecule has 0 heterocycles. The summed E-state index contributed by atoms with van der Waals surface area (Å²) in [5.74, 6) is -0.132. The lowest BCUT2D eigenvalue weighted by Gasteiger charge is -1.99. The van der Waals surface area contributed by atoms with Crippen LogP contribution in [0.2, 0.25) is 0 Å². The Morgan fingerprint density at radius 2 is 1.48 bits per heavy atom. The van der Waals surface area contributed by atoms with Crippen LogP contribution >= 0.6 is 0 Å². The van der Waals surface area contributed by atoms with Gasteiger partial charge < -0.3 is 0 Å². The molecular weight excluding hydrogens is 316 g/mol. The molecule has 2 N–H and O–H groups in total. The van der Waals surface area contributed by atoms with Crippen molar-refractivity contribution in [2.24, 2.45) is 0 Å². The largest absolute Gasteiger partial charge is 0.294 e. The lowest BCUT2D eigenvalue weighted by atomic mass is 10.1. The van der Waals surface area contributed by atoms with Gasteiger partial charge in [-0.3, -0.25) is 9.11 Å². The molecule has 0 aromatic heterocycles. The molecule has 116 valence electrons. The molecule has 21 heavy (non-hydrogen) atoms. The Balaban J connectivity index is 0.000000270. The van der Waals surface area contributed by atoms with E-state index >= 15 is 0 Å². The number of fused-ring (bicyclic) bond motifs is 1. The number of hydrogen-bond acceptors (Lipinski definition) is 4. The summed E-state index contributed by atoms with van der Waals surface area (Å²) < 4.78 is 58.0. The van der Waals surface area contributed by atoms with Crippen molar-refractivity contribution < 1.29 is 25.9 Å². The molecular formula is C13H16O6S2. The highest BCUT2D eigenvalue weighted by Crippen LogP contribution is 2.18. The number of benzene rings is 2. The molecule has 0 unspecified atom stereocenters. The van der Waals surface area contributed by atoms with E-state index < -0.39 is 20.2 Å². The standard InChI is InChI=1S/C10H8O3S.C3H8O3S/c11-14(12,13)10-6-5-8-3-1-2-4-9(8)7-10;1-2-3-7(4,5)6/h1-7H,(H,11,12,13);2-3H2,1H3,(H,4,5,6). The summed E-state index contributed by atoms with van der Waals surface area (Å²) in [6, 6.07) is 11.9. The molecule has 2 aromatic carbocycles. The summed E-state index contributed by atoms with van der Waals surface area (Å²) in [6.07, 6.45) is 0.471. The van der Waals surface area contributed by atoms with E-state index in [2.05, 4.69) is 0 Å². The van der Waals surface area contributed by atoms with Gasteiger partial charge in [-0.1, -0.05) is 37.3 Å². The van der Waals surface area contributed by atoms with E-state index in [1.807, 2.05) is 18.2 Å². The quantitative estimate of drug-likeness (QED) is 0.835. The highest BCUT2D eigenvalue weighted by molar-refractivity contribution is 7.86. The SMILES string of the molecule is CCCS(=O)(=O)O.O=S(=O)(O)c1ccc2ccccc2c1. The third-order valence-electron chi connectivity index (χ3n) is 2.48. The van der Waals surface area contributed by atoms with Crippen LogP contribution in [0.15, 0.2) is 47.4 Å². The minimum Gasteiger partial charge on any atom is -0.286 e. The van der Waals surface area contributed by atoms with E-state index in [4.69, 9.17) is 9.11 Å². The highest BCUT2D eigenvalue weighted by Gasteiger charge is 2.08. The molecule has 0 radical (unpaired) electrons. The average Bonchev–Trinajstić information content (AvgIpc) is 2.36. The van der Waals surface area contributed by atoms with Crippen LogP contribution in [0.25, 0.3) is 10.8 Å². The fraction of sp³-hybridized carbons (Fsp3) is 0.231. The molecule has 2 aromatic rings. The maximum Gasteiger partial charge on any atom is 0.294 e. The van der Waals surface area contributed by atoms with Gasteiger partial charge in [-0.2, -0.15) is 16.8 Å². The van der Waals surface area contributed by atoms with E-state index in [1.165, 1.54) is 12.1 Å². The van der Waals surface area contributed by atoms with Crippen molar-refractivity contribution in [3.63, 3.8) is 0 Å². The molecule has 0 spiro atoms. The van der Waals surface area contributed by atoms with Crippen molar-refractivity contribution in [2.45, 2.75) is 18.2 Å². The lowest BCUT2D eigenvalue weighted by Crippen LogP contribution is -2.01. The van der Waals surface area contributed by atoms with Gasteiger partial charge in [-0.15, -0.1) is 0 Å². The summed E-state index contributed by atoms with van der Waals surface area (Å²) in [7, 11) is -7.77. The van der Waals surface area contributed by atoms with Crippen LogP contribution < -0.4 is 0 Å². The molecule has 0 aliphatic heterocycles. The van der Waals surface area contributed by atoms with Crippen LogP contribution in [0.3, 0.4) is 0 Å². The highest BCUT2D eigenvalue weighted by atomic mass is 32.2. The summed E-state index contributed by atoms with van der Waals surface area (Å²) in [4.78, 5) is -0.0730. The second-order valence-electron chi connectivity index (χ2n) is 4.27. The molecule has 2 rings (SSSR count). The predicted molar refractivity (Wildman–Crippen MR) is 80.5 cm³/mol. The van der Waals surface area contributed by atoms with Crippen molar-refractivity contribution in [2.75, 3.05) is 5.75 Å². The molecule has 0 fully saturated rings. The topological polar surface area (TPSA) is 109 Å². The van der Waals surface area contributed by atoms with Crippen LogP contribution in [-0.4, -0.2) is 31.7 Å². The van der Waals surface area contributed by atoms with Crippen LogP contribution in [0.4, 0.5) is 0 Å². The Hall–Kier alpha value is -1.48. The van der Waals surface area contributed by atoms with Gasteiger partial charge in [0.2, 0.25) is 0 Å². The third-order valence-corrected chi connectivity index (χ3v) is 4.25. The smallest absolute Gasteiger partial charge is 0.286 e. The first-order valence-corrected chi connectivity index (χ1v) is 9.10. The first-order chi connectivity index (χ1) is 9.63. The van der Waals surface area contributed by atoms with Crippen molar-refractivity contribution in [3.8, 4) is 0 Å². The van der Waals surface area contributed by atoms with E-state index in [-0.39, 0.29) is 10.6 Å². The Bertz CT molecular complexity index is 809. The van der Waals surface area contributed by atoms with Gasteiger partial charge >= 0.3 is 0 Å². The zero-order chi connectivity index (χ0) is 16.1. The van der Waals surface area contributed by atoms with Crippen LogP contribution in [-0.2, 0) is 20.2 Å². The predicted octanol–water partition coefficient (Wildman–Crippen LogP) is 2.37. The van der Waals surface area contributed by atoms with E-state index in [9.17, 15) is 16.8 Å². The molecule has 0 atom stereocenters. The molecule has 0 aliphatic carbocycles. The van der Waals surface area contributed by atoms with Gasteiger partial charge in [0.1, 0.15) is 0 Å². The second-order valence-corrected chi connectivity index (χ2v) is 7.26. The van der Waals surface area contributed by atoms with Crippen LogP contribution in [0.1, 0.15) is 13.3 Å². The van der Waals surface area contributed by atoms with Crippen molar-refractivity contribution >= 4 is 31.0 Å². The monoisotopic (exact) mass is 332 g/mol. The van der Waals surface area contributed by atoms with Crippen LogP contribution in [0.5, 0.6) is 0 Å². The zero-order valence-corrected chi connectivity index (χ0v) is 12.9. The van der Waals surface area contributed by atoms with E-state index in [0.717, 1.165) is 10.8 Å². The average molecular weight is 332 g/mol. The zero-order valence-electron chi connectivity index (χ0n) is 11.3. The first kappa shape index (κ1) is 17.6. The Morgan fingerprint density at radius 1 is 0.905 bits per heavy atom. The Morgan fingerprint density at radius 3 is 1.90 bits per heavy atom. The Kier molecular flexibility index (Phi) is 5.85. The maximum absolute atomic E-state index is 10.8. The van der Waals surface area contributed by atoms with Gasteiger partial charge in [0.15, 0.2) is 0 Å². The normalized spacial score (nSPS) is 11.8. The Labute approximate surface area is 123 Å². The fourth-order valence-electron chi connectivity index (χ4n) is 1.59. The first-order valence-electron chi connectivity index (χ1n) is 6.05. The van der Waals surface area contributed by atoms with Crippen LogP contribution in [0, 0.1) is 0 Å². The van der Waals surface area contributed by atoms with Crippen molar-refractivity contribution in [3.05, 3.63) is 42.5 Å². The second kappa shape index (κ2) is 6.99. The minimum atomic E-state index is -4.09. The molecule has 6 nitrogen and oxygen atoms in total. The molecule has 0 saturated carbocycles. The third kappa shape index (κ3) is 6.21. The van der Waals surface area contributed by atoms with Crippen molar-refractivity contribution in [1.82, 2.24) is 0 Å². The van der Waals surface area contributed by atoms with Gasteiger partial charge in [0, 0.05) is 0 Å². The maximum atomic E-state index is 10.8. The van der Waals surface area contributed by atoms with Gasteiger partial charge in [-0.05, 0) is 29.3 Å². The van der Waals surface area contributed by atoms with Crippen molar-refractivity contribution in [1.29, 1.82) is 0 Å². The van der Waals surface area contributed by atoms with Gasteiger partial charge in [-0.25, -0.2) is 0 Å². The molecule has 0 bridgehead atoms. The lowest BCUT2D eigenvalue weighted by molar-refractivity contribution is 0.480. The molecule has 0 saturated heterocycles. The van der Waals surface area contributed by atoms with Gasteiger partial charge in [0.05, 0.1) is 10.6 Å². The molecule has 0 amide bonds. The van der Waals surface area contributed by atoms with E-state index in [0.29, 0.717) is 6.42 Å². The summed E-state index contributed by atoms with van der Waals surface area (Å²) in [6.45, 7) is 1.69. The fourth-order valence-corrected chi connectivity index (χ4v) is 2.62. The number of hydrogen-bond donors (Lipinski definition) is 2. The summed E-state index contributed by atoms with van der Waals surface area (Å²) >= 11 is 0. The number of rotatable bonds is 3. The van der Waals surface area contributed by atoms with Gasteiger partial charge in [0.25, 0.3) is 20.2 Å².